The van der Waals surface area contributed by atoms with Gasteiger partial charge in [0.25, 0.3) is 5.91 Å². The number of nitrogens with one attached hydrogen (secondary N) is 1. The number of pyridine rings is 1. The first-order valence-corrected chi connectivity index (χ1v) is 11.2. The van der Waals surface area contributed by atoms with Crippen LogP contribution in [0.5, 0.6) is 0 Å². The van der Waals surface area contributed by atoms with Gasteiger partial charge in [-0.1, -0.05) is 30.3 Å². The predicted octanol–water partition coefficient (Wildman–Crippen LogP) is 3.58. The van der Waals surface area contributed by atoms with Gasteiger partial charge >= 0.3 is 6.18 Å². The minimum absolute atomic E-state index is 0.000391. The lowest BCUT2D eigenvalue weighted by Crippen LogP contribution is -2.62. The summed E-state index contributed by atoms with van der Waals surface area (Å²) in [5, 5.41) is 13.3. The minimum atomic E-state index is -4.57. The van der Waals surface area contributed by atoms with Crippen molar-refractivity contribution >= 4 is 11.6 Å². The van der Waals surface area contributed by atoms with E-state index in [-0.39, 0.29) is 34.3 Å². The van der Waals surface area contributed by atoms with Gasteiger partial charge in [0.15, 0.2) is 0 Å². The van der Waals surface area contributed by atoms with Crippen molar-refractivity contribution in [1.29, 1.82) is 0 Å². The van der Waals surface area contributed by atoms with Crippen molar-refractivity contribution < 1.29 is 23.1 Å². The summed E-state index contributed by atoms with van der Waals surface area (Å²) in [6.45, 7) is 5.09. The Balaban J connectivity index is 1.40. The third-order valence-electron chi connectivity index (χ3n) is 7.13. The fourth-order valence-electron chi connectivity index (χ4n) is 5.23. The zero-order valence-electron chi connectivity index (χ0n) is 18.5. The number of likely N-dealkylation sites (tertiary alicyclic amines) is 1. The number of piperidine rings is 1. The van der Waals surface area contributed by atoms with E-state index in [0.717, 1.165) is 36.1 Å². The normalized spacial score (nSPS) is 22.7. The number of nitrogens with zero attached hydrogens (tertiary/aromatic N) is 3. The van der Waals surface area contributed by atoms with Crippen molar-refractivity contribution in [3.05, 3.63) is 83.3 Å². The average molecular weight is 470 g/mol. The average Bonchev–Trinajstić information content (AvgIpc) is 3.27. The molecule has 178 valence electrons. The Morgan fingerprint density at radius 2 is 2.06 bits per heavy atom. The highest BCUT2D eigenvalue weighted by Gasteiger charge is 2.44. The van der Waals surface area contributed by atoms with Crippen LogP contribution in [0.3, 0.4) is 0 Å². The van der Waals surface area contributed by atoms with E-state index < -0.39 is 18.3 Å². The number of aliphatic hydroxyl groups is 1. The van der Waals surface area contributed by atoms with E-state index in [4.69, 9.17) is 0 Å². The molecule has 2 aromatic heterocycles. The number of aromatic nitrogens is 2. The summed E-state index contributed by atoms with van der Waals surface area (Å²) in [5.41, 5.74) is 1.67. The molecular formula is C25H25F3N4O2. The molecule has 0 saturated carbocycles. The van der Waals surface area contributed by atoms with Gasteiger partial charge in [-0.15, -0.1) is 6.58 Å². The van der Waals surface area contributed by atoms with Crippen LogP contribution in [0.25, 0.3) is 5.65 Å². The maximum atomic E-state index is 13.3. The van der Waals surface area contributed by atoms with Crippen molar-refractivity contribution in [2.75, 3.05) is 13.1 Å². The highest BCUT2D eigenvalue weighted by atomic mass is 19.4. The summed E-state index contributed by atoms with van der Waals surface area (Å²) in [7, 11) is 0. The van der Waals surface area contributed by atoms with E-state index in [2.05, 4.69) is 29.0 Å². The van der Waals surface area contributed by atoms with Gasteiger partial charge in [-0.3, -0.25) is 4.79 Å². The maximum Gasteiger partial charge on any atom is 0.417 e. The maximum absolute atomic E-state index is 13.3. The largest absolute Gasteiger partial charge is 0.417 e. The van der Waals surface area contributed by atoms with E-state index >= 15 is 0 Å². The number of amides is 1. The van der Waals surface area contributed by atoms with Gasteiger partial charge in [0.05, 0.1) is 12.2 Å². The van der Waals surface area contributed by atoms with Crippen LogP contribution >= 0.6 is 0 Å². The summed E-state index contributed by atoms with van der Waals surface area (Å²) in [6, 6.07) is 9.18. The second-order valence-electron chi connectivity index (χ2n) is 9.07. The predicted molar refractivity (Wildman–Crippen MR) is 120 cm³/mol. The molecule has 0 aliphatic carbocycles. The van der Waals surface area contributed by atoms with Crippen LogP contribution in [0.1, 0.15) is 39.2 Å². The van der Waals surface area contributed by atoms with Crippen LogP contribution in [0.4, 0.5) is 13.2 Å². The number of halogens is 3. The van der Waals surface area contributed by atoms with Crippen LogP contribution in [-0.2, 0) is 25.7 Å². The molecule has 4 heterocycles. The second kappa shape index (κ2) is 8.25. The van der Waals surface area contributed by atoms with Crippen molar-refractivity contribution in [2.45, 2.75) is 37.7 Å². The molecule has 2 aliphatic heterocycles. The molecule has 0 bridgehead atoms. The molecular weight excluding hydrogens is 445 g/mol. The molecule has 6 nitrogen and oxygen atoms in total. The number of fused-ring (bicyclic) bond motifs is 2. The van der Waals surface area contributed by atoms with Crippen molar-refractivity contribution in [1.82, 2.24) is 19.6 Å². The molecule has 1 aromatic carbocycles. The van der Waals surface area contributed by atoms with Crippen LogP contribution < -0.4 is 5.32 Å². The smallest absolute Gasteiger partial charge is 0.392 e. The van der Waals surface area contributed by atoms with Gasteiger partial charge in [-0.25, -0.2) is 4.98 Å². The molecule has 2 atom stereocenters. The number of hydrogen-bond donors (Lipinski definition) is 2. The number of alkyl halides is 3. The summed E-state index contributed by atoms with van der Waals surface area (Å²) in [5.74, 6) is -0.348. The molecule has 5 rings (SSSR count). The molecule has 1 saturated heterocycles. The number of hydrogen-bond acceptors (Lipinski definition) is 4. The zero-order valence-corrected chi connectivity index (χ0v) is 18.5. The molecule has 34 heavy (non-hydrogen) atoms. The van der Waals surface area contributed by atoms with Crippen LogP contribution in [0.2, 0.25) is 0 Å². The number of benzene rings is 1. The molecule has 0 radical (unpaired) electrons. The third kappa shape index (κ3) is 3.78. The van der Waals surface area contributed by atoms with Crippen LogP contribution in [0, 0.1) is 5.92 Å². The molecule has 2 N–H and O–H groups in total. The molecule has 1 fully saturated rings. The summed E-state index contributed by atoms with van der Waals surface area (Å²) in [6.07, 6.45) is 1.06. The Bertz CT molecular complexity index is 1270. The van der Waals surface area contributed by atoms with E-state index in [1.54, 1.807) is 4.90 Å². The van der Waals surface area contributed by atoms with Crippen LogP contribution in [-0.4, -0.2) is 43.9 Å². The number of rotatable bonds is 3. The van der Waals surface area contributed by atoms with Crippen molar-refractivity contribution in [3.63, 3.8) is 0 Å². The van der Waals surface area contributed by atoms with E-state index in [9.17, 15) is 23.1 Å². The number of aliphatic hydroxyl groups excluding tert-OH is 1. The Morgan fingerprint density at radius 1 is 1.29 bits per heavy atom. The number of carbonyl (C=O) groups is 1. The third-order valence-corrected chi connectivity index (χ3v) is 7.13. The molecule has 0 unspecified atom stereocenters. The van der Waals surface area contributed by atoms with Crippen molar-refractivity contribution in [2.24, 2.45) is 5.92 Å². The first kappa shape index (κ1) is 22.6. The molecule has 1 amide bonds. The second-order valence-corrected chi connectivity index (χ2v) is 9.07. The Labute approximate surface area is 194 Å². The van der Waals surface area contributed by atoms with Gasteiger partial charge in [0, 0.05) is 49.0 Å². The summed E-state index contributed by atoms with van der Waals surface area (Å²) < 4.78 is 40.9. The van der Waals surface area contributed by atoms with E-state index in [0.29, 0.717) is 13.1 Å². The quantitative estimate of drug-likeness (QED) is 0.575. The number of imidazole rings is 1. The van der Waals surface area contributed by atoms with Crippen molar-refractivity contribution in [3.8, 4) is 0 Å². The van der Waals surface area contributed by atoms with Gasteiger partial charge in [-0.2, -0.15) is 13.2 Å². The first-order valence-electron chi connectivity index (χ1n) is 11.2. The Morgan fingerprint density at radius 3 is 2.76 bits per heavy atom. The molecule has 2 aliphatic rings. The van der Waals surface area contributed by atoms with E-state index in [1.807, 2.05) is 18.2 Å². The Hall–Kier alpha value is -3.17. The summed E-state index contributed by atoms with van der Waals surface area (Å²) in [4.78, 5) is 19.2. The summed E-state index contributed by atoms with van der Waals surface area (Å²) >= 11 is 0. The standard InChI is InChI=1S/C25H25F3N4O2/c1-2-19-12-31(8-7-24(19)10-16-5-3-4-6-17(16)11-29-24)23(34)21-14-32-13-20(25(26,27)28)9-18(15-33)22(32)30-21/h2-6,9,13-14,19,29,33H,1,7-8,10-12,15H2/t19-,24+/m1/s1. The number of carbonyl (C=O) groups excluding carboxylic acids is 1. The Kier molecular flexibility index (Phi) is 5.49. The molecule has 1 spiro atoms. The SMILES string of the molecule is C=C[C@@H]1CN(C(=O)c2cn3cc(C(F)(F)F)cc(CO)c3n2)CC[C@]12Cc1ccccc1CN2. The fourth-order valence-corrected chi connectivity index (χ4v) is 5.23. The highest BCUT2D eigenvalue weighted by Crippen LogP contribution is 2.37. The van der Waals surface area contributed by atoms with Gasteiger partial charge in [0.2, 0.25) is 0 Å². The van der Waals surface area contributed by atoms with E-state index in [1.165, 1.54) is 17.3 Å². The lowest BCUT2D eigenvalue weighted by molar-refractivity contribution is -0.137. The fraction of sp³-hybridized carbons (Fsp3) is 0.360. The van der Waals surface area contributed by atoms with Crippen LogP contribution in [0.15, 0.2) is 55.4 Å². The van der Waals surface area contributed by atoms with Gasteiger partial charge < -0.3 is 19.7 Å². The topological polar surface area (TPSA) is 69.9 Å². The lowest BCUT2D eigenvalue weighted by Gasteiger charge is -2.50. The first-order chi connectivity index (χ1) is 16.2. The minimum Gasteiger partial charge on any atom is -0.392 e. The highest BCUT2D eigenvalue weighted by molar-refractivity contribution is 5.93. The lowest BCUT2D eigenvalue weighted by atomic mass is 9.71. The molecule has 3 aromatic rings. The molecule has 9 heteroatoms. The monoisotopic (exact) mass is 470 g/mol. The van der Waals surface area contributed by atoms with Gasteiger partial charge in [0.1, 0.15) is 11.3 Å². The zero-order chi connectivity index (χ0) is 24.1. The van der Waals surface area contributed by atoms with Gasteiger partial charge in [-0.05, 0) is 30.0 Å².